The molecule has 0 saturated carbocycles. The van der Waals surface area contributed by atoms with E-state index < -0.39 is 0 Å². The Morgan fingerprint density at radius 1 is 1.20 bits per heavy atom. The van der Waals surface area contributed by atoms with Crippen LogP contribution in [-0.2, 0) is 4.74 Å². The van der Waals surface area contributed by atoms with Gasteiger partial charge in [0.2, 0.25) is 0 Å². The third-order valence-electron chi connectivity index (χ3n) is 2.82. The predicted octanol–water partition coefficient (Wildman–Crippen LogP) is 3.54. The molecular weight excluding hydrogens is 270 g/mol. The van der Waals surface area contributed by atoms with Crippen LogP contribution in [0.1, 0.15) is 39.2 Å². The molecule has 0 saturated heterocycles. The monoisotopic (exact) mass is 295 g/mol. The Balaban J connectivity index is 2.15. The maximum atomic E-state index is 5.65. The zero-order chi connectivity index (χ0) is 15.0. The molecule has 1 aromatic rings. The molecule has 20 heavy (non-hydrogen) atoms. The number of hydrogen-bond donors (Lipinski definition) is 1. The molecule has 1 aromatic carbocycles. The molecule has 0 heterocycles. The summed E-state index contributed by atoms with van der Waals surface area (Å²) in [5.41, 5.74) is 6.75. The van der Waals surface area contributed by atoms with Crippen molar-refractivity contribution in [2.24, 2.45) is 11.1 Å². The van der Waals surface area contributed by atoms with E-state index in [0.717, 1.165) is 37.4 Å². The first-order valence-corrected chi connectivity index (χ1v) is 7.40. The van der Waals surface area contributed by atoms with Gasteiger partial charge in [-0.2, -0.15) is 0 Å². The van der Waals surface area contributed by atoms with Gasteiger partial charge in [-0.1, -0.05) is 45.1 Å². The van der Waals surface area contributed by atoms with Gasteiger partial charge < -0.3 is 15.2 Å². The predicted molar refractivity (Wildman–Crippen MR) is 87.3 cm³/mol. The molecule has 0 spiro atoms. The average Bonchev–Trinajstić information content (AvgIpc) is 2.36. The highest BCUT2D eigenvalue weighted by molar-refractivity contribution is 7.80. The Kier molecular flexibility index (Phi) is 6.96. The summed E-state index contributed by atoms with van der Waals surface area (Å²) in [5.74, 6) is 0.796. The van der Waals surface area contributed by atoms with Crippen LogP contribution in [0, 0.1) is 5.41 Å². The molecule has 3 nitrogen and oxygen atoms in total. The van der Waals surface area contributed by atoms with Crippen molar-refractivity contribution >= 4 is 17.2 Å². The second-order valence-electron chi connectivity index (χ2n) is 6.02. The molecule has 0 bridgehead atoms. The lowest BCUT2D eigenvalue weighted by molar-refractivity contribution is 0.0973. The Hall–Kier alpha value is -1.13. The minimum atomic E-state index is 0.331. The van der Waals surface area contributed by atoms with Crippen molar-refractivity contribution in [3.8, 4) is 5.75 Å². The molecule has 4 heteroatoms. The van der Waals surface area contributed by atoms with Crippen molar-refractivity contribution in [3.63, 3.8) is 0 Å². The van der Waals surface area contributed by atoms with Gasteiger partial charge >= 0.3 is 0 Å². The third-order valence-corrected chi connectivity index (χ3v) is 3.05. The molecule has 2 N–H and O–H groups in total. The fourth-order valence-electron chi connectivity index (χ4n) is 1.57. The van der Waals surface area contributed by atoms with E-state index in [1.54, 1.807) is 0 Å². The highest BCUT2D eigenvalue weighted by Crippen LogP contribution is 2.18. The number of ether oxygens (including phenoxy) is 2. The summed E-state index contributed by atoms with van der Waals surface area (Å²) in [7, 11) is 0. The van der Waals surface area contributed by atoms with E-state index in [9.17, 15) is 0 Å². The lowest BCUT2D eigenvalue weighted by Gasteiger charge is -2.17. The first-order chi connectivity index (χ1) is 9.38. The van der Waals surface area contributed by atoms with Crippen LogP contribution in [0.2, 0.25) is 0 Å². The summed E-state index contributed by atoms with van der Waals surface area (Å²) in [5, 5.41) is 0. The lowest BCUT2D eigenvalue weighted by Crippen LogP contribution is -2.11. The van der Waals surface area contributed by atoms with Crippen LogP contribution in [0.3, 0.4) is 0 Å². The summed E-state index contributed by atoms with van der Waals surface area (Å²) in [6.07, 6.45) is 1.95. The van der Waals surface area contributed by atoms with Crippen LogP contribution in [-0.4, -0.2) is 24.8 Å². The quantitative estimate of drug-likeness (QED) is 0.588. The average molecular weight is 295 g/mol. The minimum Gasteiger partial charge on any atom is -0.493 e. The SMILES string of the molecule is CC(C)(C)CCOCCCOc1cccc(C(N)=S)c1. The van der Waals surface area contributed by atoms with Crippen molar-refractivity contribution in [1.82, 2.24) is 0 Å². The molecule has 0 aliphatic rings. The Labute approximate surface area is 127 Å². The second kappa shape index (κ2) is 8.22. The smallest absolute Gasteiger partial charge is 0.119 e. The second-order valence-corrected chi connectivity index (χ2v) is 6.46. The Morgan fingerprint density at radius 3 is 2.60 bits per heavy atom. The van der Waals surface area contributed by atoms with Gasteiger partial charge in [0.1, 0.15) is 10.7 Å². The zero-order valence-corrected chi connectivity index (χ0v) is 13.5. The molecule has 0 unspecified atom stereocenters. The van der Waals surface area contributed by atoms with E-state index >= 15 is 0 Å². The fraction of sp³-hybridized carbons (Fsp3) is 0.562. The van der Waals surface area contributed by atoms with Crippen LogP contribution in [0.25, 0.3) is 0 Å². The van der Waals surface area contributed by atoms with Crippen molar-refractivity contribution in [1.29, 1.82) is 0 Å². The first-order valence-electron chi connectivity index (χ1n) is 6.99. The zero-order valence-electron chi connectivity index (χ0n) is 12.6. The summed E-state index contributed by atoms with van der Waals surface area (Å²) in [4.78, 5) is 0.390. The van der Waals surface area contributed by atoms with E-state index in [0.29, 0.717) is 17.0 Å². The Morgan fingerprint density at radius 2 is 1.95 bits per heavy atom. The van der Waals surface area contributed by atoms with Gasteiger partial charge in [0, 0.05) is 25.2 Å². The van der Waals surface area contributed by atoms with Crippen molar-refractivity contribution in [2.75, 3.05) is 19.8 Å². The normalized spacial score (nSPS) is 11.3. The first kappa shape index (κ1) is 16.9. The summed E-state index contributed by atoms with van der Waals surface area (Å²) in [6.45, 7) is 8.82. The number of hydrogen-bond acceptors (Lipinski definition) is 3. The summed E-state index contributed by atoms with van der Waals surface area (Å²) < 4.78 is 11.2. The van der Waals surface area contributed by atoms with E-state index in [1.165, 1.54) is 0 Å². The standard InChI is InChI=1S/C16H25NO2S/c1-16(2,3)8-11-18-9-5-10-19-14-7-4-6-13(12-14)15(17)20/h4,6-7,12H,5,8-11H2,1-3H3,(H2,17,20). The number of nitrogens with two attached hydrogens (primary N) is 1. The number of thiocarbonyl (C=S) groups is 1. The summed E-state index contributed by atoms with van der Waals surface area (Å²) >= 11 is 4.94. The lowest BCUT2D eigenvalue weighted by atomic mass is 9.93. The van der Waals surface area contributed by atoms with E-state index in [4.69, 9.17) is 27.4 Å². The maximum Gasteiger partial charge on any atom is 0.119 e. The third kappa shape index (κ3) is 7.46. The highest BCUT2D eigenvalue weighted by atomic mass is 32.1. The van der Waals surface area contributed by atoms with Crippen molar-refractivity contribution in [2.45, 2.75) is 33.6 Å². The van der Waals surface area contributed by atoms with Crippen molar-refractivity contribution < 1.29 is 9.47 Å². The number of rotatable bonds is 8. The van der Waals surface area contributed by atoms with Gasteiger partial charge in [0.15, 0.2) is 0 Å². The molecule has 0 fully saturated rings. The van der Waals surface area contributed by atoms with E-state index in [2.05, 4.69) is 20.8 Å². The Bertz CT molecular complexity index is 427. The highest BCUT2D eigenvalue weighted by Gasteiger charge is 2.08. The van der Waals surface area contributed by atoms with Gasteiger partial charge in [-0.25, -0.2) is 0 Å². The number of benzene rings is 1. The molecule has 1 rings (SSSR count). The van der Waals surface area contributed by atoms with E-state index in [-0.39, 0.29) is 0 Å². The van der Waals surface area contributed by atoms with Gasteiger partial charge in [-0.3, -0.25) is 0 Å². The van der Waals surface area contributed by atoms with Gasteiger partial charge in [-0.05, 0) is 24.0 Å². The molecule has 0 aromatic heterocycles. The van der Waals surface area contributed by atoms with Gasteiger partial charge in [0.05, 0.1) is 6.61 Å². The van der Waals surface area contributed by atoms with Crippen LogP contribution >= 0.6 is 12.2 Å². The molecule has 0 aliphatic heterocycles. The van der Waals surface area contributed by atoms with Gasteiger partial charge in [0.25, 0.3) is 0 Å². The molecular formula is C16H25NO2S. The van der Waals surface area contributed by atoms with Crippen LogP contribution in [0.15, 0.2) is 24.3 Å². The molecule has 0 radical (unpaired) electrons. The molecule has 0 aliphatic carbocycles. The summed E-state index contributed by atoms with van der Waals surface area (Å²) in [6, 6.07) is 7.54. The van der Waals surface area contributed by atoms with Crippen molar-refractivity contribution in [3.05, 3.63) is 29.8 Å². The molecule has 0 atom stereocenters. The van der Waals surface area contributed by atoms with E-state index in [1.807, 2.05) is 24.3 Å². The topological polar surface area (TPSA) is 44.5 Å². The molecule has 0 amide bonds. The van der Waals surface area contributed by atoms with Crippen LogP contribution in [0.4, 0.5) is 0 Å². The van der Waals surface area contributed by atoms with Gasteiger partial charge in [-0.15, -0.1) is 0 Å². The minimum absolute atomic E-state index is 0.331. The maximum absolute atomic E-state index is 5.65. The molecule has 112 valence electrons. The fourth-order valence-corrected chi connectivity index (χ4v) is 1.70. The van der Waals surface area contributed by atoms with Crippen LogP contribution < -0.4 is 10.5 Å². The largest absolute Gasteiger partial charge is 0.493 e. The van der Waals surface area contributed by atoms with Crippen LogP contribution in [0.5, 0.6) is 5.75 Å².